The van der Waals surface area contributed by atoms with Gasteiger partial charge in [0.05, 0.1) is 5.57 Å². The van der Waals surface area contributed by atoms with Gasteiger partial charge in [0.1, 0.15) is 6.61 Å². The van der Waals surface area contributed by atoms with Crippen LogP contribution in [0, 0.1) is 0 Å². The minimum atomic E-state index is -0.445. The number of nitrogens with zero attached hydrogens (tertiary/aromatic N) is 1. The maximum atomic E-state index is 12.8. The highest BCUT2D eigenvalue weighted by molar-refractivity contribution is 6.16. The molecule has 26 heavy (non-hydrogen) atoms. The zero-order valence-corrected chi connectivity index (χ0v) is 15.0. The lowest BCUT2D eigenvalue weighted by Crippen LogP contribution is -2.20. The van der Waals surface area contributed by atoms with Crippen LogP contribution in [-0.4, -0.2) is 38.1 Å². The Hall–Kier alpha value is -2.98. The summed E-state index contributed by atoms with van der Waals surface area (Å²) in [5.74, 6) is -0.445. The van der Waals surface area contributed by atoms with Crippen molar-refractivity contribution >= 4 is 33.1 Å². The third-order valence-electron chi connectivity index (χ3n) is 4.31. The Balaban J connectivity index is 1.97. The van der Waals surface area contributed by atoms with Crippen LogP contribution < -0.4 is 5.43 Å². The Kier molecular flexibility index (Phi) is 5.14. The summed E-state index contributed by atoms with van der Waals surface area (Å²) in [6.07, 6.45) is 0. The molecule has 0 bridgehead atoms. The second-order valence-electron chi connectivity index (χ2n) is 6.47. The predicted molar refractivity (Wildman–Crippen MR) is 106 cm³/mol. The summed E-state index contributed by atoms with van der Waals surface area (Å²) in [6.45, 7) is 4.82. The third kappa shape index (κ3) is 3.65. The summed E-state index contributed by atoms with van der Waals surface area (Å²) >= 11 is 0. The first-order chi connectivity index (χ1) is 12.5. The Morgan fingerprint density at radius 1 is 1.00 bits per heavy atom. The number of hydrogen-bond donors (Lipinski definition) is 0. The van der Waals surface area contributed by atoms with E-state index >= 15 is 0 Å². The highest BCUT2D eigenvalue weighted by Gasteiger charge is 2.12. The fourth-order valence-electron chi connectivity index (χ4n) is 2.79. The zero-order valence-electron chi connectivity index (χ0n) is 15.0. The molecule has 0 aromatic heterocycles. The van der Waals surface area contributed by atoms with Crippen molar-refractivity contribution in [2.45, 2.75) is 0 Å². The van der Waals surface area contributed by atoms with Gasteiger partial charge >= 0.3 is 5.97 Å². The number of carbonyl (C=O) groups is 1. The van der Waals surface area contributed by atoms with Crippen molar-refractivity contribution in [3.8, 4) is 0 Å². The Bertz CT molecular complexity index is 1050. The molecule has 0 aliphatic carbocycles. The second-order valence-corrected chi connectivity index (χ2v) is 6.47. The smallest absolute Gasteiger partial charge is 0.338 e. The fraction of sp³-hybridized carbons (Fsp3) is 0.182. The normalized spacial score (nSPS) is 11.0. The van der Waals surface area contributed by atoms with Crippen LogP contribution in [0.3, 0.4) is 0 Å². The van der Waals surface area contributed by atoms with Gasteiger partial charge in [0.2, 0.25) is 0 Å². The van der Waals surface area contributed by atoms with Crippen molar-refractivity contribution in [1.82, 2.24) is 4.90 Å². The largest absolute Gasteiger partial charge is 0.461 e. The van der Waals surface area contributed by atoms with Crippen molar-refractivity contribution in [2.75, 3.05) is 27.2 Å². The Morgan fingerprint density at radius 2 is 1.69 bits per heavy atom. The van der Waals surface area contributed by atoms with E-state index in [1.54, 1.807) is 12.1 Å². The molecular formula is C22H21NO3. The summed E-state index contributed by atoms with van der Waals surface area (Å²) in [5, 5.41) is 2.95. The fourth-order valence-corrected chi connectivity index (χ4v) is 2.79. The first kappa shape index (κ1) is 17.8. The maximum Gasteiger partial charge on any atom is 0.338 e. The molecule has 3 rings (SSSR count). The molecule has 0 spiro atoms. The number of carbonyl (C=O) groups excluding carboxylic acids is 1. The molecule has 0 atom stereocenters. The molecule has 0 aliphatic rings. The van der Waals surface area contributed by atoms with E-state index < -0.39 is 5.97 Å². The molecule has 0 saturated heterocycles. The van der Waals surface area contributed by atoms with Gasteiger partial charge in [-0.05, 0) is 42.6 Å². The average molecular weight is 347 g/mol. The first-order valence-electron chi connectivity index (χ1n) is 8.44. The van der Waals surface area contributed by atoms with Gasteiger partial charge in [-0.3, -0.25) is 4.79 Å². The highest BCUT2D eigenvalue weighted by Crippen LogP contribution is 2.21. The molecule has 0 unspecified atom stereocenters. The van der Waals surface area contributed by atoms with Crippen LogP contribution in [0.4, 0.5) is 0 Å². The van der Waals surface area contributed by atoms with Gasteiger partial charge < -0.3 is 9.64 Å². The molecule has 0 heterocycles. The minimum Gasteiger partial charge on any atom is -0.461 e. The van der Waals surface area contributed by atoms with Gasteiger partial charge in [0.25, 0.3) is 0 Å². The molecule has 0 amide bonds. The molecule has 132 valence electrons. The monoisotopic (exact) mass is 347 g/mol. The Morgan fingerprint density at radius 3 is 2.46 bits per heavy atom. The van der Waals surface area contributed by atoms with Crippen LogP contribution >= 0.6 is 0 Å². The molecule has 0 fully saturated rings. The summed E-state index contributed by atoms with van der Waals surface area (Å²) in [4.78, 5) is 26.9. The van der Waals surface area contributed by atoms with Gasteiger partial charge in [-0.25, -0.2) is 4.79 Å². The summed E-state index contributed by atoms with van der Waals surface area (Å²) in [6, 6.07) is 16.6. The van der Waals surface area contributed by atoms with E-state index in [9.17, 15) is 9.59 Å². The summed E-state index contributed by atoms with van der Waals surface area (Å²) in [7, 11) is 3.83. The van der Waals surface area contributed by atoms with E-state index in [0.717, 1.165) is 10.8 Å². The topological polar surface area (TPSA) is 46.6 Å². The quantitative estimate of drug-likeness (QED) is 0.524. The van der Waals surface area contributed by atoms with Gasteiger partial charge in [0.15, 0.2) is 5.43 Å². The summed E-state index contributed by atoms with van der Waals surface area (Å²) in [5.41, 5.74) is 0.919. The first-order valence-corrected chi connectivity index (χ1v) is 8.44. The average Bonchev–Trinajstić information content (AvgIpc) is 2.78. The number of hydrogen-bond acceptors (Lipinski definition) is 4. The van der Waals surface area contributed by atoms with Crippen LogP contribution in [0.5, 0.6) is 0 Å². The lowest BCUT2D eigenvalue weighted by Gasteiger charge is -2.11. The third-order valence-corrected chi connectivity index (χ3v) is 4.31. The molecule has 0 N–H and O–H groups in total. The second kappa shape index (κ2) is 7.50. The summed E-state index contributed by atoms with van der Waals surface area (Å²) < 4.78 is 5.24. The minimum absolute atomic E-state index is 0.0219. The molecule has 0 saturated carbocycles. The molecule has 3 aromatic carbocycles. The van der Waals surface area contributed by atoms with Crippen molar-refractivity contribution in [3.05, 3.63) is 77.0 Å². The number of benzene rings is 2. The number of esters is 1. The number of fused-ring (bicyclic) bond motifs is 2. The predicted octanol–water partition coefficient (Wildman–Crippen LogP) is 3.47. The van der Waals surface area contributed by atoms with Crippen molar-refractivity contribution in [2.24, 2.45) is 0 Å². The van der Waals surface area contributed by atoms with Gasteiger partial charge in [0, 0.05) is 17.3 Å². The van der Waals surface area contributed by atoms with E-state index in [1.165, 1.54) is 0 Å². The number of rotatable bonds is 5. The molecular weight excluding hydrogens is 326 g/mol. The van der Waals surface area contributed by atoms with Gasteiger partial charge in [-0.2, -0.15) is 0 Å². The maximum absolute atomic E-state index is 12.8. The van der Waals surface area contributed by atoms with E-state index in [4.69, 9.17) is 4.74 Å². The van der Waals surface area contributed by atoms with Crippen LogP contribution in [0.2, 0.25) is 0 Å². The van der Waals surface area contributed by atoms with Gasteiger partial charge in [-0.1, -0.05) is 49.0 Å². The van der Waals surface area contributed by atoms with Crippen LogP contribution in [0.1, 0.15) is 5.56 Å². The van der Waals surface area contributed by atoms with Crippen LogP contribution in [-0.2, 0) is 9.53 Å². The molecule has 4 heteroatoms. The van der Waals surface area contributed by atoms with Crippen molar-refractivity contribution in [3.63, 3.8) is 0 Å². The molecule has 3 aromatic rings. The molecule has 4 nitrogen and oxygen atoms in total. The SMILES string of the molecule is C=C(C(=O)OCCN(C)C)c1ccc2c(=O)c3ccccc3ccc2c1. The van der Waals surface area contributed by atoms with E-state index in [2.05, 4.69) is 6.58 Å². The molecule has 0 aliphatic heterocycles. The van der Waals surface area contributed by atoms with Crippen LogP contribution in [0.15, 0.2) is 66.0 Å². The number of likely N-dealkylation sites (N-methyl/N-ethyl adjacent to an activating group) is 1. The highest BCUT2D eigenvalue weighted by atomic mass is 16.5. The number of ether oxygens (including phenoxy) is 1. The standard InChI is InChI=1S/C22H21NO3/c1-15(22(25)26-13-12-23(2)3)17-10-11-20-18(14-17)9-8-16-6-4-5-7-19(16)21(20)24/h4-11,14H,1,12-13H2,2-3H3. The zero-order chi connectivity index (χ0) is 18.7. The van der Waals surface area contributed by atoms with Crippen molar-refractivity contribution < 1.29 is 9.53 Å². The van der Waals surface area contributed by atoms with E-state index in [-0.39, 0.29) is 11.0 Å². The van der Waals surface area contributed by atoms with E-state index in [1.807, 2.05) is 61.5 Å². The van der Waals surface area contributed by atoms with Crippen molar-refractivity contribution in [1.29, 1.82) is 0 Å². The Labute approximate surface area is 152 Å². The lowest BCUT2D eigenvalue weighted by molar-refractivity contribution is -0.136. The lowest BCUT2D eigenvalue weighted by atomic mass is 10.0. The van der Waals surface area contributed by atoms with Gasteiger partial charge in [-0.15, -0.1) is 0 Å². The van der Waals surface area contributed by atoms with Crippen LogP contribution in [0.25, 0.3) is 27.1 Å². The van der Waals surface area contributed by atoms with E-state index in [0.29, 0.717) is 29.5 Å². The molecule has 0 radical (unpaired) electrons.